The molecule has 0 saturated heterocycles. The van der Waals surface area contributed by atoms with E-state index in [1.807, 2.05) is 0 Å². The number of imidazole rings is 1. The zero-order valence-electron chi connectivity index (χ0n) is 9.33. The summed E-state index contributed by atoms with van der Waals surface area (Å²) >= 11 is 0. The number of aromatic nitrogens is 2. The second-order valence-electron chi connectivity index (χ2n) is 3.55. The molecular formula is C12H12N2O3. The van der Waals surface area contributed by atoms with Crippen molar-refractivity contribution in [3.05, 3.63) is 42.5 Å². The predicted octanol–water partition coefficient (Wildman–Crippen LogP) is 1.51. The SMILES string of the molecule is COc1ccc(CC(=O)O)cc1-n1ccnc1. The van der Waals surface area contributed by atoms with Crippen molar-refractivity contribution in [2.75, 3.05) is 7.11 Å². The molecule has 1 aromatic heterocycles. The van der Waals surface area contributed by atoms with E-state index in [1.54, 1.807) is 48.6 Å². The first-order chi connectivity index (χ1) is 8.20. The Labute approximate surface area is 98.3 Å². The van der Waals surface area contributed by atoms with Gasteiger partial charge in [-0.1, -0.05) is 6.07 Å². The van der Waals surface area contributed by atoms with E-state index in [-0.39, 0.29) is 6.42 Å². The summed E-state index contributed by atoms with van der Waals surface area (Å²) in [5.41, 5.74) is 1.51. The fourth-order valence-corrected chi connectivity index (χ4v) is 1.62. The topological polar surface area (TPSA) is 64.3 Å². The quantitative estimate of drug-likeness (QED) is 0.867. The van der Waals surface area contributed by atoms with Crippen LogP contribution in [0.4, 0.5) is 0 Å². The summed E-state index contributed by atoms with van der Waals surface area (Å²) < 4.78 is 7.01. The van der Waals surface area contributed by atoms with Crippen molar-refractivity contribution in [1.29, 1.82) is 0 Å². The van der Waals surface area contributed by atoms with Gasteiger partial charge in [0, 0.05) is 12.4 Å². The normalized spacial score (nSPS) is 10.2. The molecule has 0 saturated carbocycles. The lowest BCUT2D eigenvalue weighted by Gasteiger charge is -2.10. The molecule has 1 N–H and O–H groups in total. The number of hydrogen-bond donors (Lipinski definition) is 1. The van der Waals surface area contributed by atoms with Crippen LogP contribution in [0.3, 0.4) is 0 Å². The molecule has 0 fully saturated rings. The van der Waals surface area contributed by atoms with Gasteiger partial charge in [-0.25, -0.2) is 4.98 Å². The third-order valence-corrected chi connectivity index (χ3v) is 2.38. The van der Waals surface area contributed by atoms with Crippen LogP contribution in [0.5, 0.6) is 5.75 Å². The van der Waals surface area contributed by atoms with Crippen molar-refractivity contribution in [3.8, 4) is 11.4 Å². The molecule has 0 unspecified atom stereocenters. The number of ether oxygens (including phenoxy) is 1. The van der Waals surface area contributed by atoms with Gasteiger partial charge in [0.05, 0.1) is 25.5 Å². The van der Waals surface area contributed by atoms with E-state index < -0.39 is 5.97 Å². The third kappa shape index (κ3) is 2.44. The van der Waals surface area contributed by atoms with E-state index in [9.17, 15) is 4.79 Å². The maximum absolute atomic E-state index is 10.7. The predicted molar refractivity (Wildman–Crippen MR) is 61.5 cm³/mol. The molecule has 2 aromatic rings. The van der Waals surface area contributed by atoms with Crippen LogP contribution in [0.1, 0.15) is 5.56 Å². The van der Waals surface area contributed by atoms with Gasteiger partial charge in [0.2, 0.25) is 0 Å². The van der Waals surface area contributed by atoms with Gasteiger partial charge in [-0.05, 0) is 17.7 Å². The van der Waals surface area contributed by atoms with E-state index in [1.165, 1.54) is 0 Å². The molecule has 0 bridgehead atoms. The number of nitrogens with zero attached hydrogens (tertiary/aromatic N) is 2. The standard InChI is InChI=1S/C12H12N2O3/c1-17-11-3-2-9(7-12(15)16)6-10(11)14-5-4-13-8-14/h2-6,8H,7H2,1H3,(H,15,16). The number of hydrogen-bond acceptors (Lipinski definition) is 3. The zero-order valence-corrected chi connectivity index (χ0v) is 9.33. The Kier molecular flexibility index (Phi) is 3.09. The fourth-order valence-electron chi connectivity index (χ4n) is 1.62. The van der Waals surface area contributed by atoms with Crippen LogP contribution in [-0.2, 0) is 11.2 Å². The number of rotatable bonds is 4. The van der Waals surface area contributed by atoms with E-state index >= 15 is 0 Å². The first-order valence-corrected chi connectivity index (χ1v) is 5.07. The van der Waals surface area contributed by atoms with Crippen LogP contribution in [0, 0.1) is 0 Å². The van der Waals surface area contributed by atoms with E-state index in [2.05, 4.69) is 4.98 Å². The van der Waals surface area contributed by atoms with Gasteiger partial charge in [-0.3, -0.25) is 4.79 Å². The minimum atomic E-state index is -0.855. The van der Waals surface area contributed by atoms with E-state index in [0.29, 0.717) is 5.75 Å². The fraction of sp³-hybridized carbons (Fsp3) is 0.167. The first kappa shape index (κ1) is 11.2. The second kappa shape index (κ2) is 4.69. The van der Waals surface area contributed by atoms with Crippen molar-refractivity contribution >= 4 is 5.97 Å². The molecule has 0 aliphatic carbocycles. The van der Waals surface area contributed by atoms with Gasteiger partial charge in [0.1, 0.15) is 5.75 Å². The average molecular weight is 232 g/mol. The van der Waals surface area contributed by atoms with Gasteiger partial charge in [-0.2, -0.15) is 0 Å². The summed E-state index contributed by atoms with van der Waals surface area (Å²) in [5.74, 6) is -0.177. The Balaban J connectivity index is 2.43. The highest BCUT2D eigenvalue weighted by atomic mass is 16.5. The molecule has 0 spiro atoms. The smallest absolute Gasteiger partial charge is 0.307 e. The highest BCUT2D eigenvalue weighted by Crippen LogP contribution is 2.24. The minimum absolute atomic E-state index is 0.00824. The lowest BCUT2D eigenvalue weighted by atomic mass is 10.1. The average Bonchev–Trinajstić information content (AvgIpc) is 2.81. The molecule has 0 radical (unpaired) electrons. The molecule has 1 heterocycles. The molecule has 88 valence electrons. The largest absolute Gasteiger partial charge is 0.495 e. The van der Waals surface area contributed by atoms with Crippen LogP contribution in [-0.4, -0.2) is 27.7 Å². The molecule has 17 heavy (non-hydrogen) atoms. The molecule has 0 aliphatic heterocycles. The number of carboxylic acid groups (broad SMARTS) is 1. The Bertz CT molecular complexity index is 521. The van der Waals surface area contributed by atoms with Crippen molar-refractivity contribution in [2.24, 2.45) is 0 Å². The van der Waals surface area contributed by atoms with E-state index in [4.69, 9.17) is 9.84 Å². The molecule has 0 amide bonds. The van der Waals surface area contributed by atoms with Crippen LogP contribution < -0.4 is 4.74 Å². The molecule has 5 heteroatoms. The zero-order chi connectivity index (χ0) is 12.3. The van der Waals surface area contributed by atoms with Crippen LogP contribution in [0.15, 0.2) is 36.9 Å². The van der Waals surface area contributed by atoms with Crippen LogP contribution in [0.25, 0.3) is 5.69 Å². The lowest BCUT2D eigenvalue weighted by Crippen LogP contribution is -2.02. The second-order valence-corrected chi connectivity index (χ2v) is 3.55. The lowest BCUT2D eigenvalue weighted by molar-refractivity contribution is -0.136. The molecule has 1 aromatic carbocycles. The van der Waals surface area contributed by atoms with Gasteiger partial charge < -0.3 is 14.4 Å². The van der Waals surface area contributed by atoms with Crippen molar-refractivity contribution in [2.45, 2.75) is 6.42 Å². The van der Waals surface area contributed by atoms with E-state index in [0.717, 1.165) is 11.3 Å². The number of aliphatic carboxylic acids is 1. The van der Waals surface area contributed by atoms with Gasteiger partial charge >= 0.3 is 5.97 Å². The maximum atomic E-state index is 10.7. The summed E-state index contributed by atoms with van der Waals surface area (Å²) in [4.78, 5) is 14.6. The summed E-state index contributed by atoms with van der Waals surface area (Å²) in [6, 6.07) is 5.29. The monoisotopic (exact) mass is 232 g/mol. The highest BCUT2D eigenvalue weighted by molar-refractivity contribution is 5.70. The van der Waals surface area contributed by atoms with Crippen LogP contribution in [0.2, 0.25) is 0 Å². The maximum Gasteiger partial charge on any atom is 0.307 e. The highest BCUT2D eigenvalue weighted by Gasteiger charge is 2.08. The van der Waals surface area contributed by atoms with Crippen molar-refractivity contribution < 1.29 is 14.6 Å². The van der Waals surface area contributed by atoms with Gasteiger partial charge in [-0.15, -0.1) is 0 Å². The molecule has 5 nitrogen and oxygen atoms in total. The third-order valence-electron chi connectivity index (χ3n) is 2.38. The summed E-state index contributed by atoms with van der Waals surface area (Å²) in [5, 5.41) is 8.76. The van der Waals surface area contributed by atoms with Gasteiger partial charge in [0.25, 0.3) is 0 Å². The summed E-state index contributed by atoms with van der Waals surface area (Å²) in [6.45, 7) is 0. The molecule has 0 aliphatic rings. The summed E-state index contributed by atoms with van der Waals surface area (Å²) in [6.07, 6.45) is 5.07. The Morgan fingerprint density at radius 1 is 1.53 bits per heavy atom. The van der Waals surface area contributed by atoms with Crippen molar-refractivity contribution in [1.82, 2.24) is 9.55 Å². The molecule has 0 atom stereocenters. The van der Waals surface area contributed by atoms with Crippen LogP contribution >= 0.6 is 0 Å². The Morgan fingerprint density at radius 3 is 2.94 bits per heavy atom. The Hall–Kier alpha value is -2.30. The summed E-state index contributed by atoms with van der Waals surface area (Å²) in [7, 11) is 1.58. The molecule has 2 rings (SSSR count). The number of carbonyl (C=O) groups is 1. The molecular weight excluding hydrogens is 220 g/mol. The van der Waals surface area contributed by atoms with Gasteiger partial charge in [0.15, 0.2) is 0 Å². The first-order valence-electron chi connectivity index (χ1n) is 5.07. The number of methoxy groups -OCH3 is 1. The number of carboxylic acids is 1. The number of benzene rings is 1. The van der Waals surface area contributed by atoms with Crippen molar-refractivity contribution in [3.63, 3.8) is 0 Å². The minimum Gasteiger partial charge on any atom is -0.495 e. The Morgan fingerprint density at radius 2 is 2.35 bits per heavy atom.